The highest BCUT2D eigenvalue weighted by molar-refractivity contribution is 6.31. The van der Waals surface area contributed by atoms with Crippen LogP contribution in [0.2, 0.25) is 5.02 Å². The summed E-state index contributed by atoms with van der Waals surface area (Å²) in [6, 6.07) is 0.511. The van der Waals surface area contributed by atoms with E-state index in [1.165, 1.54) is 0 Å². The minimum Gasteiger partial charge on any atom is -0.477 e. The highest BCUT2D eigenvalue weighted by atomic mass is 35.5. The van der Waals surface area contributed by atoms with Gasteiger partial charge in [-0.25, -0.2) is 4.79 Å². The van der Waals surface area contributed by atoms with Crippen molar-refractivity contribution in [1.82, 2.24) is 0 Å². The van der Waals surface area contributed by atoms with E-state index in [0.29, 0.717) is 6.07 Å². The van der Waals surface area contributed by atoms with Crippen molar-refractivity contribution in [3.63, 3.8) is 0 Å². The molecule has 17 heavy (non-hydrogen) atoms. The topological polar surface area (TPSA) is 80.4 Å². The average Bonchev–Trinajstić information content (AvgIpc) is 2.14. The van der Waals surface area contributed by atoms with Crippen molar-refractivity contribution in [1.29, 1.82) is 0 Å². The maximum Gasteiger partial charge on any atom is 0.417 e. The molecule has 0 atom stereocenters. The third-order valence-corrected chi connectivity index (χ3v) is 2.13. The molecule has 1 aromatic carbocycles. The Hall–Kier alpha value is -1.83. The number of carboxylic acids is 1. The zero-order valence-electron chi connectivity index (χ0n) is 7.79. The number of carbonyl (C=O) groups is 1. The molecule has 0 bridgehead atoms. The van der Waals surface area contributed by atoms with Crippen LogP contribution in [-0.2, 0) is 6.18 Å². The molecule has 0 spiro atoms. The number of aromatic carboxylic acids is 1. The molecule has 0 aliphatic heterocycles. The Kier molecular flexibility index (Phi) is 3.28. The van der Waals surface area contributed by atoms with Gasteiger partial charge < -0.3 is 5.11 Å². The quantitative estimate of drug-likeness (QED) is 0.661. The SMILES string of the molecule is O=C(O)c1cc(C(F)(F)F)c(Cl)cc1[N+](=O)[O-]. The first kappa shape index (κ1) is 13.2. The second kappa shape index (κ2) is 4.21. The van der Waals surface area contributed by atoms with Gasteiger partial charge in [-0.05, 0) is 6.07 Å². The highest BCUT2D eigenvalue weighted by Gasteiger charge is 2.36. The summed E-state index contributed by atoms with van der Waals surface area (Å²) >= 11 is 5.22. The maximum atomic E-state index is 12.4. The number of hydrogen-bond donors (Lipinski definition) is 1. The molecule has 0 saturated heterocycles. The fourth-order valence-corrected chi connectivity index (χ4v) is 1.37. The summed E-state index contributed by atoms with van der Waals surface area (Å²) in [5, 5.41) is 18.1. The maximum absolute atomic E-state index is 12.4. The van der Waals surface area contributed by atoms with Crippen LogP contribution in [0.4, 0.5) is 18.9 Å². The predicted molar refractivity (Wildman–Crippen MR) is 50.1 cm³/mol. The molecular weight excluding hydrogens is 267 g/mol. The number of nitro benzene ring substituents is 1. The van der Waals surface area contributed by atoms with Gasteiger partial charge in [0.15, 0.2) is 0 Å². The number of halogens is 4. The fourth-order valence-electron chi connectivity index (χ4n) is 1.10. The Morgan fingerprint density at radius 1 is 1.41 bits per heavy atom. The van der Waals surface area contributed by atoms with E-state index < -0.39 is 38.9 Å². The van der Waals surface area contributed by atoms with Gasteiger partial charge in [0.05, 0.1) is 15.5 Å². The van der Waals surface area contributed by atoms with Gasteiger partial charge in [-0.2, -0.15) is 13.2 Å². The lowest BCUT2D eigenvalue weighted by atomic mass is 10.1. The van der Waals surface area contributed by atoms with E-state index in [1.807, 2.05) is 0 Å². The van der Waals surface area contributed by atoms with Crippen molar-refractivity contribution in [3.05, 3.63) is 38.4 Å². The number of hydrogen-bond acceptors (Lipinski definition) is 3. The summed E-state index contributed by atoms with van der Waals surface area (Å²) in [6.45, 7) is 0. The second-order valence-electron chi connectivity index (χ2n) is 2.91. The van der Waals surface area contributed by atoms with Crippen molar-refractivity contribution in [2.45, 2.75) is 6.18 Å². The van der Waals surface area contributed by atoms with E-state index in [4.69, 9.17) is 16.7 Å². The summed E-state index contributed by atoms with van der Waals surface area (Å²) in [5.74, 6) is -1.83. The minimum atomic E-state index is -4.88. The first-order valence-electron chi connectivity index (χ1n) is 3.93. The number of carboxylic acid groups (broad SMARTS) is 1. The molecular formula is C8H3ClF3NO4. The van der Waals surface area contributed by atoms with Crippen molar-refractivity contribution in [3.8, 4) is 0 Å². The molecule has 0 radical (unpaired) electrons. The molecule has 0 saturated carbocycles. The molecule has 9 heteroatoms. The van der Waals surface area contributed by atoms with E-state index in [0.717, 1.165) is 0 Å². The summed E-state index contributed by atoms with van der Waals surface area (Å²) in [7, 11) is 0. The Morgan fingerprint density at radius 3 is 2.29 bits per heavy atom. The summed E-state index contributed by atoms with van der Waals surface area (Å²) < 4.78 is 37.1. The lowest BCUT2D eigenvalue weighted by Gasteiger charge is -2.09. The van der Waals surface area contributed by atoms with Crippen LogP contribution in [0.1, 0.15) is 15.9 Å². The molecule has 0 aliphatic rings. The highest BCUT2D eigenvalue weighted by Crippen LogP contribution is 2.38. The zero-order chi connectivity index (χ0) is 13.4. The molecule has 1 aromatic rings. The van der Waals surface area contributed by atoms with E-state index in [1.54, 1.807) is 0 Å². The second-order valence-corrected chi connectivity index (χ2v) is 3.32. The predicted octanol–water partition coefficient (Wildman–Crippen LogP) is 2.97. The normalized spacial score (nSPS) is 11.3. The molecule has 0 amide bonds. The Morgan fingerprint density at radius 2 is 1.94 bits per heavy atom. The van der Waals surface area contributed by atoms with Crippen LogP contribution in [-0.4, -0.2) is 16.0 Å². The van der Waals surface area contributed by atoms with Gasteiger partial charge in [-0.15, -0.1) is 0 Å². The lowest BCUT2D eigenvalue weighted by Crippen LogP contribution is -2.10. The summed E-state index contributed by atoms with van der Waals surface area (Å²) in [6.07, 6.45) is -4.88. The van der Waals surface area contributed by atoms with Crippen LogP contribution in [0, 0.1) is 10.1 Å². The van der Waals surface area contributed by atoms with Crippen molar-refractivity contribution in [2.75, 3.05) is 0 Å². The molecule has 0 heterocycles. The Labute approximate surface area is 96.6 Å². The standard InChI is InChI=1S/C8H3ClF3NO4/c9-5-2-6(13(16)17)3(7(14)15)1-4(5)8(10,11)12/h1-2H,(H,14,15). The number of rotatable bonds is 2. The van der Waals surface area contributed by atoms with Crippen LogP contribution in [0.25, 0.3) is 0 Å². The van der Waals surface area contributed by atoms with E-state index in [2.05, 4.69) is 0 Å². The molecule has 1 rings (SSSR count). The zero-order valence-corrected chi connectivity index (χ0v) is 8.54. The molecule has 0 fully saturated rings. The van der Waals surface area contributed by atoms with E-state index in [-0.39, 0.29) is 6.07 Å². The Bertz CT molecular complexity index is 500. The first-order valence-corrected chi connectivity index (χ1v) is 4.31. The third-order valence-electron chi connectivity index (χ3n) is 1.82. The Balaban J connectivity index is 3.57. The van der Waals surface area contributed by atoms with Gasteiger partial charge in [0.2, 0.25) is 0 Å². The van der Waals surface area contributed by atoms with Gasteiger partial charge in [0.25, 0.3) is 5.69 Å². The minimum absolute atomic E-state index is 0.142. The van der Waals surface area contributed by atoms with Gasteiger partial charge in [-0.1, -0.05) is 11.6 Å². The molecule has 92 valence electrons. The van der Waals surface area contributed by atoms with Gasteiger partial charge >= 0.3 is 12.1 Å². The molecule has 0 aliphatic carbocycles. The van der Waals surface area contributed by atoms with Gasteiger partial charge in [0, 0.05) is 6.07 Å². The fraction of sp³-hybridized carbons (Fsp3) is 0.125. The number of alkyl halides is 3. The smallest absolute Gasteiger partial charge is 0.417 e. The van der Waals surface area contributed by atoms with Gasteiger partial charge in [0.1, 0.15) is 5.56 Å². The van der Waals surface area contributed by atoms with E-state index >= 15 is 0 Å². The average molecular weight is 270 g/mol. The number of benzene rings is 1. The first-order chi connectivity index (χ1) is 7.64. The number of nitro groups is 1. The van der Waals surface area contributed by atoms with Crippen molar-refractivity contribution >= 4 is 23.3 Å². The monoisotopic (exact) mass is 269 g/mol. The van der Waals surface area contributed by atoms with Crippen LogP contribution in [0.5, 0.6) is 0 Å². The molecule has 1 N–H and O–H groups in total. The van der Waals surface area contributed by atoms with E-state index in [9.17, 15) is 28.1 Å². The van der Waals surface area contributed by atoms with Crippen LogP contribution < -0.4 is 0 Å². The van der Waals surface area contributed by atoms with Gasteiger partial charge in [-0.3, -0.25) is 10.1 Å². The summed E-state index contributed by atoms with van der Waals surface area (Å²) in [5.41, 5.74) is -3.48. The number of nitrogens with zero attached hydrogens (tertiary/aromatic N) is 1. The molecule has 0 aromatic heterocycles. The largest absolute Gasteiger partial charge is 0.477 e. The molecule has 5 nitrogen and oxygen atoms in total. The van der Waals surface area contributed by atoms with Crippen LogP contribution >= 0.6 is 11.6 Å². The van der Waals surface area contributed by atoms with Crippen LogP contribution in [0.3, 0.4) is 0 Å². The summed E-state index contributed by atoms with van der Waals surface area (Å²) in [4.78, 5) is 19.9. The van der Waals surface area contributed by atoms with Crippen molar-refractivity contribution in [2.24, 2.45) is 0 Å². The molecule has 0 unspecified atom stereocenters. The van der Waals surface area contributed by atoms with Crippen LogP contribution in [0.15, 0.2) is 12.1 Å². The lowest BCUT2D eigenvalue weighted by molar-refractivity contribution is -0.385. The third kappa shape index (κ3) is 2.64. The van der Waals surface area contributed by atoms with Crippen molar-refractivity contribution < 1.29 is 28.0 Å².